The minimum absolute atomic E-state index is 0.0309. The summed E-state index contributed by atoms with van der Waals surface area (Å²) in [5.74, 6) is -0.475. The lowest BCUT2D eigenvalue weighted by atomic mass is 10.3. The summed E-state index contributed by atoms with van der Waals surface area (Å²) in [6.45, 7) is 1.73. The average molecular weight is 320 g/mol. The van der Waals surface area contributed by atoms with Crippen molar-refractivity contribution in [2.45, 2.75) is 17.9 Å². The lowest BCUT2D eigenvalue weighted by Crippen LogP contribution is -2.26. The molecule has 0 spiro atoms. The molecule has 3 nitrogen and oxygen atoms in total. The van der Waals surface area contributed by atoms with E-state index >= 15 is 0 Å². The van der Waals surface area contributed by atoms with Gasteiger partial charge in [0.05, 0.1) is 15.3 Å². The Morgan fingerprint density at radius 3 is 2.37 bits per heavy atom. The van der Waals surface area contributed by atoms with Crippen LogP contribution in [0.15, 0.2) is 41.3 Å². The van der Waals surface area contributed by atoms with Crippen molar-refractivity contribution in [2.24, 2.45) is 0 Å². The maximum atomic E-state index is 12.8. The van der Waals surface area contributed by atoms with Gasteiger partial charge in [0.25, 0.3) is 0 Å². The van der Waals surface area contributed by atoms with E-state index in [0.29, 0.717) is 4.34 Å². The standard InChI is InChI=1S/C12H11ClFNO2S2/c1-8(11-6-7-12(13)18-11)15-19(16,17)10-4-2-9(14)3-5-10/h2-8,15H,1H3. The average Bonchev–Trinajstić information content (AvgIpc) is 2.76. The molecule has 1 unspecified atom stereocenters. The van der Waals surface area contributed by atoms with Gasteiger partial charge in [-0.2, -0.15) is 0 Å². The first-order valence-corrected chi connectivity index (χ1v) is 8.09. The third kappa shape index (κ3) is 3.54. The number of hydrogen-bond donors (Lipinski definition) is 1. The number of sulfonamides is 1. The van der Waals surface area contributed by atoms with Gasteiger partial charge in [0.15, 0.2) is 0 Å². The quantitative estimate of drug-likeness (QED) is 0.936. The maximum Gasteiger partial charge on any atom is 0.241 e. The molecule has 0 aliphatic carbocycles. The fraction of sp³-hybridized carbons (Fsp3) is 0.167. The number of nitrogens with one attached hydrogen (secondary N) is 1. The predicted octanol–water partition coefficient (Wildman–Crippen LogP) is 3.58. The van der Waals surface area contributed by atoms with E-state index in [1.54, 1.807) is 19.1 Å². The van der Waals surface area contributed by atoms with Gasteiger partial charge in [-0.15, -0.1) is 11.3 Å². The van der Waals surface area contributed by atoms with Crippen LogP contribution in [0.1, 0.15) is 17.8 Å². The summed E-state index contributed by atoms with van der Waals surface area (Å²) < 4.78 is 40.0. The summed E-state index contributed by atoms with van der Waals surface area (Å²) in [5.41, 5.74) is 0. The smallest absolute Gasteiger partial charge is 0.207 e. The molecule has 1 N–H and O–H groups in total. The first-order chi connectivity index (χ1) is 8.88. The molecule has 0 fully saturated rings. The van der Waals surface area contributed by atoms with Crippen LogP contribution >= 0.6 is 22.9 Å². The van der Waals surface area contributed by atoms with Crippen LogP contribution in [0.2, 0.25) is 4.34 Å². The Morgan fingerprint density at radius 2 is 1.84 bits per heavy atom. The van der Waals surface area contributed by atoms with Crippen LogP contribution in [0.25, 0.3) is 0 Å². The highest BCUT2D eigenvalue weighted by Gasteiger charge is 2.19. The molecule has 7 heteroatoms. The van der Waals surface area contributed by atoms with Crippen molar-refractivity contribution in [1.29, 1.82) is 0 Å². The molecule has 102 valence electrons. The minimum atomic E-state index is -3.67. The summed E-state index contributed by atoms with van der Waals surface area (Å²) in [4.78, 5) is 0.846. The number of rotatable bonds is 4. The largest absolute Gasteiger partial charge is 0.241 e. The van der Waals surface area contributed by atoms with E-state index in [9.17, 15) is 12.8 Å². The summed E-state index contributed by atoms with van der Waals surface area (Å²) >= 11 is 7.12. The number of halogens is 2. The normalized spacial score (nSPS) is 13.4. The minimum Gasteiger partial charge on any atom is -0.207 e. The molecule has 0 aliphatic rings. The van der Waals surface area contributed by atoms with Gasteiger partial charge in [0, 0.05) is 4.88 Å². The summed E-state index contributed by atoms with van der Waals surface area (Å²) in [7, 11) is -3.67. The number of hydrogen-bond acceptors (Lipinski definition) is 3. The van der Waals surface area contributed by atoms with Gasteiger partial charge in [0.1, 0.15) is 5.82 Å². The van der Waals surface area contributed by atoms with Crippen LogP contribution in [-0.4, -0.2) is 8.42 Å². The molecule has 1 aromatic heterocycles. The van der Waals surface area contributed by atoms with E-state index in [2.05, 4.69) is 4.72 Å². The van der Waals surface area contributed by atoms with Crippen LogP contribution in [0, 0.1) is 5.82 Å². The van der Waals surface area contributed by atoms with Gasteiger partial charge in [-0.25, -0.2) is 17.5 Å². The van der Waals surface area contributed by atoms with E-state index < -0.39 is 21.9 Å². The van der Waals surface area contributed by atoms with Crippen molar-refractivity contribution >= 4 is 33.0 Å². The topological polar surface area (TPSA) is 46.2 Å². The zero-order chi connectivity index (χ0) is 14.0. The highest BCUT2D eigenvalue weighted by atomic mass is 35.5. The Balaban J connectivity index is 2.19. The molecule has 0 radical (unpaired) electrons. The van der Waals surface area contributed by atoms with Crippen LogP contribution in [0.4, 0.5) is 4.39 Å². The molecule has 0 aliphatic heterocycles. The van der Waals surface area contributed by atoms with Gasteiger partial charge < -0.3 is 0 Å². The third-order valence-electron chi connectivity index (χ3n) is 2.48. The Morgan fingerprint density at radius 1 is 1.21 bits per heavy atom. The summed E-state index contributed by atoms with van der Waals surface area (Å²) in [5, 5.41) is 0. The number of thiophene rings is 1. The van der Waals surface area contributed by atoms with E-state index in [0.717, 1.165) is 17.0 Å². The second kappa shape index (κ2) is 5.58. The van der Waals surface area contributed by atoms with Crippen molar-refractivity contribution in [2.75, 3.05) is 0 Å². The molecule has 0 amide bonds. The third-order valence-corrected chi connectivity index (χ3v) is 5.45. The van der Waals surface area contributed by atoms with Gasteiger partial charge in [-0.3, -0.25) is 0 Å². The lowest BCUT2D eigenvalue weighted by Gasteiger charge is -2.12. The summed E-state index contributed by atoms with van der Waals surface area (Å²) in [6, 6.07) is 7.77. The summed E-state index contributed by atoms with van der Waals surface area (Å²) in [6.07, 6.45) is 0. The van der Waals surface area contributed by atoms with Gasteiger partial charge >= 0.3 is 0 Å². The molecule has 0 bridgehead atoms. The van der Waals surface area contributed by atoms with Crippen molar-refractivity contribution in [3.63, 3.8) is 0 Å². The van der Waals surface area contributed by atoms with Gasteiger partial charge in [-0.05, 0) is 43.3 Å². The highest BCUT2D eigenvalue weighted by molar-refractivity contribution is 7.89. The van der Waals surface area contributed by atoms with Crippen LogP contribution in [0.5, 0.6) is 0 Å². The molecule has 1 atom stereocenters. The van der Waals surface area contributed by atoms with Crippen molar-refractivity contribution in [3.8, 4) is 0 Å². The van der Waals surface area contributed by atoms with Gasteiger partial charge in [-0.1, -0.05) is 11.6 Å². The molecule has 2 aromatic rings. The highest BCUT2D eigenvalue weighted by Crippen LogP contribution is 2.27. The van der Waals surface area contributed by atoms with E-state index in [1.807, 2.05) is 0 Å². The second-order valence-electron chi connectivity index (χ2n) is 3.94. The molecule has 0 saturated carbocycles. The fourth-order valence-electron chi connectivity index (χ4n) is 1.53. The first-order valence-electron chi connectivity index (χ1n) is 5.41. The van der Waals surface area contributed by atoms with Crippen molar-refractivity contribution in [3.05, 3.63) is 51.4 Å². The maximum absolute atomic E-state index is 12.8. The molecular weight excluding hydrogens is 309 g/mol. The van der Waals surface area contributed by atoms with Crippen LogP contribution in [-0.2, 0) is 10.0 Å². The molecule has 2 rings (SSSR count). The Kier molecular flexibility index (Phi) is 4.25. The van der Waals surface area contributed by atoms with Crippen molar-refractivity contribution in [1.82, 2.24) is 4.72 Å². The fourth-order valence-corrected chi connectivity index (χ4v) is 3.89. The van der Waals surface area contributed by atoms with Crippen LogP contribution in [0.3, 0.4) is 0 Å². The SMILES string of the molecule is CC(NS(=O)(=O)c1ccc(F)cc1)c1ccc(Cl)s1. The second-order valence-corrected chi connectivity index (χ2v) is 7.40. The lowest BCUT2D eigenvalue weighted by molar-refractivity contribution is 0.568. The van der Waals surface area contributed by atoms with E-state index in [1.165, 1.54) is 23.5 Å². The van der Waals surface area contributed by atoms with Crippen LogP contribution < -0.4 is 4.72 Å². The Labute approximate surface area is 120 Å². The zero-order valence-corrected chi connectivity index (χ0v) is 12.3. The van der Waals surface area contributed by atoms with Crippen molar-refractivity contribution < 1.29 is 12.8 Å². The van der Waals surface area contributed by atoms with Gasteiger partial charge in [0.2, 0.25) is 10.0 Å². The Bertz CT molecular complexity index is 667. The molecule has 19 heavy (non-hydrogen) atoms. The van der Waals surface area contributed by atoms with E-state index in [4.69, 9.17) is 11.6 Å². The molecule has 0 saturated heterocycles. The predicted molar refractivity (Wildman–Crippen MR) is 74.5 cm³/mol. The molecular formula is C12H11ClFNO2S2. The van der Waals surface area contributed by atoms with E-state index in [-0.39, 0.29) is 4.90 Å². The monoisotopic (exact) mass is 319 g/mol. The molecule has 1 aromatic carbocycles. The molecule has 1 heterocycles. The number of benzene rings is 1. The zero-order valence-electron chi connectivity index (χ0n) is 9.93. The first kappa shape index (κ1) is 14.5. The Hall–Kier alpha value is -0.950.